The second kappa shape index (κ2) is 7.98. The Balaban J connectivity index is 1.86. The van der Waals surface area contributed by atoms with Crippen molar-refractivity contribution in [2.75, 3.05) is 7.11 Å². The molecule has 4 rings (SSSR count). The van der Waals surface area contributed by atoms with Crippen LogP contribution in [0.2, 0.25) is 0 Å². The van der Waals surface area contributed by atoms with Gasteiger partial charge in [-0.2, -0.15) is 9.78 Å². The molecule has 1 aliphatic carbocycles. The van der Waals surface area contributed by atoms with E-state index < -0.39 is 17.2 Å². The summed E-state index contributed by atoms with van der Waals surface area (Å²) in [6, 6.07) is 14.2. The lowest BCUT2D eigenvalue weighted by atomic mass is 10.1. The van der Waals surface area contributed by atoms with Crippen LogP contribution in [0.1, 0.15) is 34.5 Å². The van der Waals surface area contributed by atoms with Crippen molar-refractivity contribution in [1.82, 2.24) is 19.7 Å². The molecule has 8 heteroatoms. The number of benzene rings is 2. The van der Waals surface area contributed by atoms with E-state index in [9.17, 15) is 14.4 Å². The van der Waals surface area contributed by atoms with Crippen LogP contribution in [0.4, 0.5) is 0 Å². The molecule has 30 heavy (non-hydrogen) atoms. The topological polar surface area (TPSA) is 95.2 Å². The standard InChI is InChI=1S/C22H22N4O4/c1-14-5-3-4-6-15(14)13-25-21(28)19(20(27)23-16-7-8-16)24-26(22(25)29)17-9-11-18(30-2)12-10-17/h3-6,9-12,16H,7-8,13H2,1-2H3,(H,23,27). The molecule has 2 aromatic carbocycles. The van der Waals surface area contributed by atoms with E-state index in [4.69, 9.17) is 4.74 Å². The number of ether oxygens (including phenoxy) is 1. The molecule has 0 saturated heterocycles. The summed E-state index contributed by atoms with van der Waals surface area (Å²) in [5.74, 6) is 0.0510. The first-order valence-corrected chi connectivity index (χ1v) is 9.72. The Bertz CT molecular complexity index is 1210. The first kappa shape index (κ1) is 19.6. The van der Waals surface area contributed by atoms with E-state index in [2.05, 4.69) is 10.4 Å². The molecular formula is C22H22N4O4. The van der Waals surface area contributed by atoms with Crippen LogP contribution in [0.25, 0.3) is 5.69 Å². The summed E-state index contributed by atoms with van der Waals surface area (Å²) >= 11 is 0. The molecule has 0 radical (unpaired) electrons. The SMILES string of the molecule is COc1ccc(-n2nc(C(=O)NC3CC3)c(=O)n(Cc3ccccc3C)c2=O)cc1. The molecule has 0 aliphatic heterocycles. The highest BCUT2D eigenvalue weighted by Crippen LogP contribution is 2.19. The van der Waals surface area contributed by atoms with E-state index in [0.29, 0.717) is 11.4 Å². The van der Waals surface area contributed by atoms with Crippen molar-refractivity contribution in [2.24, 2.45) is 0 Å². The summed E-state index contributed by atoms with van der Waals surface area (Å²) in [6.07, 6.45) is 1.75. The summed E-state index contributed by atoms with van der Waals surface area (Å²) in [5.41, 5.74) is 0.576. The number of methoxy groups -OCH3 is 1. The summed E-state index contributed by atoms with van der Waals surface area (Å²) < 4.78 is 7.30. The van der Waals surface area contributed by atoms with Gasteiger partial charge in [-0.1, -0.05) is 24.3 Å². The smallest absolute Gasteiger partial charge is 0.352 e. The highest BCUT2D eigenvalue weighted by Gasteiger charge is 2.27. The van der Waals surface area contributed by atoms with Gasteiger partial charge in [-0.05, 0) is 55.2 Å². The Morgan fingerprint density at radius 3 is 2.47 bits per heavy atom. The third-order valence-corrected chi connectivity index (χ3v) is 5.09. The molecule has 3 aromatic rings. The summed E-state index contributed by atoms with van der Waals surface area (Å²) in [6.45, 7) is 1.96. The van der Waals surface area contributed by atoms with Gasteiger partial charge in [0.25, 0.3) is 11.5 Å². The van der Waals surface area contributed by atoms with Crippen molar-refractivity contribution < 1.29 is 9.53 Å². The van der Waals surface area contributed by atoms with Gasteiger partial charge in [0.1, 0.15) is 5.75 Å². The van der Waals surface area contributed by atoms with Gasteiger partial charge in [-0.3, -0.25) is 14.2 Å². The Morgan fingerprint density at radius 1 is 1.13 bits per heavy atom. The van der Waals surface area contributed by atoms with Crippen molar-refractivity contribution in [3.63, 3.8) is 0 Å². The number of nitrogens with zero attached hydrogens (tertiary/aromatic N) is 3. The third-order valence-electron chi connectivity index (χ3n) is 5.09. The number of nitrogens with one attached hydrogen (secondary N) is 1. The number of amides is 1. The summed E-state index contributed by atoms with van der Waals surface area (Å²) in [5, 5.41) is 6.90. The van der Waals surface area contributed by atoms with Gasteiger partial charge >= 0.3 is 5.69 Å². The molecule has 0 unspecified atom stereocenters. The van der Waals surface area contributed by atoms with Gasteiger partial charge in [-0.25, -0.2) is 4.79 Å². The predicted molar refractivity (Wildman–Crippen MR) is 111 cm³/mol. The molecule has 0 spiro atoms. The van der Waals surface area contributed by atoms with Crippen LogP contribution in [0.5, 0.6) is 5.75 Å². The number of aromatic nitrogens is 3. The van der Waals surface area contributed by atoms with Gasteiger partial charge in [0, 0.05) is 6.04 Å². The first-order chi connectivity index (χ1) is 14.5. The largest absolute Gasteiger partial charge is 0.497 e. The number of hydrogen-bond donors (Lipinski definition) is 1. The minimum absolute atomic E-state index is 0.0483. The molecule has 154 valence electrons. The number of aryl methyl sites for hydroxylation is 1. The molecule has 1 fully saturated rings. The van der Waals surface area contributed by atoms with E-state index in [1.165, 1.54) is 0 Å². The van der Waals surface area contributed by atoms with Gasteiger partial charge in [0.05, 0.1) is 19.3 Å². The van der Waals surface area contributed by atoms with Gasteiger partial charge in [0.15, 0.2) is 0 Å². The monoisotopic (exact) mass is 406 g/mol. The van der Waals surface area contributed by atoms with Crippen molar-refractivity contribution in [2.45, 2.75) is 32.4 Å². The van der Waals surface area contributed by atoms with Crippen molar-refractivity contribution in [3.8, 4) is 11.4 Å². The zero-order valence-electron chi connectivity index (χ0n) is 16.8. The van der Waals surface area contributed by atoms with Crippen LogP contribution >= 0.6 is 0 Å². The van der Waals surface area contributed by atoms with E-state index in [-0.39, 0.29) is 18.3 Å². The van der Waals surface area contributed by atoms with Gasteiger partial charge in [-0.15, -0.1) is 0 Å². The van der Waals surface area contributed by atoms with E-state index in [0.717, 1.165) is 33.2 Å². The molecule has 1 N–H and O–H groups in total. The molecule has 1 heterocycles. The zero-order chi connectivity index (χ0) is 21.3. The second-order valence-electron chi connectivity index (χ2n) is 7.31. The molecule has 1 aliphatic rings. The zero-order valence-corrected chi connectivity index (χ0v) is 16.8. The molecule has 0 bridgehead atoms. The Labute approximate surface area is 172 Å². The highest BCUT2D eigenvalue weighted by molar-refractivity contribution is 5.92. The fraction of sp³-hybridized carbons (Fsp3) is 0.273. The minimum atomic E-state index is -0.703. The van der Waals surface area contributed by atoms with Crippen molar-refractivity contribution >= 4 is 5.91 Å². The lowest BCUT2D eigenvalue weighted by Gasteiger charge is -2.13. The normalized spacial score (nSPS) is 13.1. The quantitative estimate of drug-likeness (QED) is 0.672. The number of rotatable bonds is 6. The Kier molecular flexibility index (Phi) is 5.22. The van der Waals surface area contributed by atoms with Crippen LogP contribution in [0.15, 0.2) is 58.1 Å². The van der Waals surface area contributed by atoms with Crippen LogP contribution in [-0.2, 0) is 6.54 Å². The number of hydrogen-bond acceptors (Lipinski definition) is 5. The van der Waals surface area contributed by atoms with Crippen molar-refractivity contribution in [1.29, 1.82) is 0 Å². The predicted octanol–water partition coefficient (Wildman–Crippen LogP) is 1.65. The van der Waals surface area contributed by atoms with Crippen LogP contribution in [0, 0.1) is 6.92 Å². The average molecular weight is 406 g/mol. The number of carbonyl (C=O) groups is 1. The Hall–Kier alpha value is -3.68. The third kappa shape index (κ3) is 3.89. The Morgan fingerprint density at radius 2 is 1.83 bits per heavy atom. The maximum atomic E-state index is 13.2. The van der Waals surface area contributed by atoms with E-state index >= 15 is 0 Å². The molecule has 1 saturated carbocycles. The molecular weight excluding hydrogens is 384 g/mol. The van der Waals surface area contributed by atoms with Crippen LogP contribution < -0.4 is 21.3 Å². The van der Waals surface area contributed by atoms with Gasteiger partial charge < -0.3 is 10.1 Å². The molecule has 1 amide bonds. The molecule has 1 aromatic heterocycles. The van der Waals surface area contributed by atoms with E-state index in [1.807, 2.05) is 31.2 Å². The fourth-order valence-electron chi connectivity index (χ4n) is 3.13. The van der Waals surface area contributed by atoms with Gasteiger partial charge in [0.2, 0.25) is 5.69 Å². The minimum Gasteiger partial charge on any atom is -0.497 e. The van der Waals surface area contributed by atoms with E-state index in [1.54, 1.807) is 31.4 Å². The molecule has 0 atom stereocenters. The summed E-state index contributed by atoms with van der Waals surface area (Å²) in [7, 11) is 1.54. The maximum absolute atomic E-state index is 13.2. The maximum Gasteiger partial charge on any atom is 0.352 e. The second-order valence-corrected chi connectivity index (χ2v) is 7.31. The fourth-order valence-corrected chi connectivity index (χ4v) is 3.13. The number of carbonyl (C=O) groups excluding carboxylic acids is 1. The summed E-state index contributed by atoms with van der Waals surface area (Å²) in [4.78, 5) is 38.9. The van der Waals surface area contributed by atoms with Crippen LogP contribution in [0.3, 0.4) is 0 Å². The molecule has 8 nitrogen and oxygen atoms in total. The van der Waals surface area contributed by atoms with Crippen LogP contribution in [-0.4, -0.2) is 33.4 Å². The highest BCUT2D eigenvalue weighted by atomic mass is 16.5. The first-order valence-electron chi connectivity index (χ1n) is 9.72. The lowest BCUT2D eigenvalue weighted by Crippen LogP contribution is -2.46. The average Bonchev–Trinajstić information content (AvgIpc) is 3.56. The van der Waals surface area contributed by atoms with Crippen molar-refractivity contribution in [3.05, 3.63) is 86.2 Å². The lowest BCUT2D eigenvalue weighted by molar-refractivity contribution is 0.0941.